The van der Waals surface area contributed by atoms with Crippen molar-refractivity contribution in [2.45, 2.75) is 38.6 Å². The fraction of sp³-hybridized carbons (Fsp3) is 0.909. The van der Waals surface area contributed by atoms with E-state index < -0.39 is 28.1 Å². The highest BCUT2D eigenvalue weighted by Crippen LogP contribution is 2.32. The number of aliphatic hydroxyl groups is 1. The first kappa shape index (κ1) is 16.6. The minimum absolute atomic E-state index is 0.147. The van der Waals surface area contributed by atoms with Crippen molar-refractivity contribution in [2.24, 2.45) is 11.8 Å². The fourth-order valence-corrected chi connectivity index (χ4v) is 3.56. The molecule has 1 saturated heterocycles. The molecule has 19 heavy (non-hydrogen) atoms. The van der Waals surface area contributed by atoms with Gasteiger partial charge in [-0.25, -0.2) is 4.79 Å². The van der Waals surface area contributed by atoms with Crippen LogP contribution in [0.25, 0.3) is 0 Å². The predicted octanol–water partition coefficient (Wildman–Crippen LogP) is 0.690. The van der Waals surface area contributed by atoms with E-state index in [1.165, 1.54) is 7.11 Å². The second-order valence-electron chi connectivity index (χ2n) is 4.69. The third kappa shape index (κ3) is 4.24. The van der Waals surface area contributed by atoms with Crippen LogP contribution >= 0.6 is 7.36 Å². The molecule has 0 radical (unpaired) electrons. The van der Waals surface area contributed by atoms with E-state index >= 15 is 0 Å². The molecule has 110 valence electrons. The van der Waals surface area contributed by atoms with Crippen LogP contribution in [-0.4, -0.2) is 51.1 Å². The average molecular weight is 310 g/mol. The first-order valence-electron chi connectivity index (χ1n) is 6.06. The van der Waals surface area contributed by atoms with Crippen molar-refractivity contribution < 1.29 is 27.8 Å². The Bertz CT molecular complexity index is 440. The SMILES string of the molecule is COC(=O)[C@H]1O[C@@H](CCP=S(=O)=O)[C@@H](C)[C@@H](O)[C@H]1C. The molecule has 0 unspecified atom stereocenters. The third-order valence-corrected chi connectivity index (χ3v) is 5.34. The molecule has 0 aromatic rings. The largest absolute Gasteiger partial charge is 0.467 e. The van der Waals surface area contributed by atoms with Gasteiger partial charge < -0.3 is 14.6 Å². The molecule has 0 aliphatic carbocycles. The Hall–Kier alpha value is -0.490. The minimum Gasteiger partial charge on any atom is -0.467 e. The van der Waals surface area contributed by atoms with Gasteiger partial charge in [0.15, 0.2) is 6.10 Å². The summed E-state index contributed by atoms with van der Waals surface area (Å²) in [4.78, 5) is 11.6. The third-order valence-electron chi connectivity index (χ3n) is 3.51. The van der Waals surface area contributed by atoms with E-state index in [1.807, 2.05) is 6.92 Å². The summed E-state index contributed by atoms with van der Waals surface area (Å²) in [5.74, 6) is -0.996. The van der Waals surface area contributed by atoms with Crippen LogP contribution in [0.2, 0.25) is 0 Å². The first-order chi connectivity index (χ1) is 8.88. The average Bonchev–Trinajstić information content (AvgIpc) is 2.37. The van der Waals surface area contributed by atoms with E-state index in [-0.39, 0.29) is 17.9 Å². The standard InChI is InChI=1S/C11H19O6PS/c1-6-8(4-5-18-19(14)15)17-10(11(13)16-3)7(2)9(6)12/h6-10,12H,4-5H2,1-3H3/t6-,7-,8+,9-,10+/m1/s1. The molecule has 6 nitrogen and oxygen atoms in total. The van der Waals surface area contributed by atoms with Crippen LogP contribution in [0, 0.1) is 11.8 Å². The lowest BCUT2D eigenvalue weighted by Crippen LogP contribution is -2.52. The molecule has 1 aliphatic rings. The minimum atomic E-state index is -2.10. The summed E-state index contributed by atoms with van der Waals surface area (Å²) in [6.45, 7) is 3.58. The zero-order chi connectivity index (χ0) is 14.6. The zero-order valence-corrected chi connectivity index (χ0v) is 12.9. The Kier molecular flexibility index (Phi) is 6.39. The molecule has 5 atom stereocenters. The number of carbonyl (C=O) groups is 1. The van der Waals surface area contributed by atoms with Gasteiger partial charge >= 0.3 is 5.97 Å². The van der Waals surface area contributed by atoms with Crippen molar-refractivity contribution in [3.05, 3.63) is 0 Å². The molecular formula is C11H19O6PS. The topological polar surface area (TPSA) is 89.9 Å². The van der Waals surface area contributed by atoms with Crippen LogP contribution in [0.5, 0.6) is 0 Å². The van der Waals surface area contributed by atoms with Gasteiger partial charge in [0, 0.05) is 25.4 Å². The monoisotopic (exact) mass is 310 g/mol. The number of methoxy groups -OCH3 is 1. The number of esters is 1. The van der Waals surface area contributed by atoms with Crippen LogP contribution in [0.3, 0.4) is 0 Å². The van der Waals surface area contributed by atoms with Gasteiger partial charge in [-0.3, -0.25) is 0 Å². The Morgan fingerprint density at radius 1 is 1.37 bits per heavy atom. The number of hydrogen-bond acceptors (Lipinski definition) is 6. The molecule has 1 fully saturated rings. The highest BCUT2D eigenvalue weighted by atomic mass is 32.5. The van der Waals surface area contributed by atoms with E-state index in [1.54, 1.807) is 6.92 Å². The summed E-state index contributed by atoms with van der Waals surface area (Å²) in [6.07, 6.45) is -0.909. The van der Waals surface area contributed by atoms with Gasteiger partial charge in [-0.2, -0.15) is 8.42 Å². The van der Waals surface area contributed by atoms with Crippen molar-refractivity contribution >= 4 is 23.2 Å². The summed E-state index contributed by atoms with van der Waals surface area (Å²) >= 11 is 0. The summed E-state index contributed by atoms with van der Waals surface area (Å²) in [5, 5.41) is 10.1. The van der Waals surface area contributed by atoms with Crippen LogP contribution < -0.4 is 0 Å². The lowest BCUT2D eigenvalue weighted by Gasteiger charge is -2.41. The Morgan fingerprint density at radius 3 is 2.53 bits per heavy atom. The van der Waals surface area contributed by atoms with Crippen molar-refractivity contribution in [2.75, 3.05) is 13.3 Å². The molecule has 0 saturated carbocycles. The van der Waals surface area contributed by atoms with Gasteiger partial charge in [-0.15, -0.1) is 0 Å². The molecule has 0 aromatic heterocycles. The number of aliphatic hydroxyl groups excluding tert-OH is 1. The van der Waals surface area contributed by atoms with Crippen molar-refractivity contribution in [1.82, 2.24) is 0 Å². The lowest BCUT2D eigenvalue weighted by molar-refractivity contribution is -0.193. The predicted molar refractivity (Wildman–Crippen MR) is 70.3 cm³/mol. The smallest absolute Gasteiger partial charge is 0.335 e. The fourth-order valence-electron chi connectivity index (χ4n) is 2.29. The van der Waals surface area contributed by atoms with Crippen LogP contribution in [-0.2, 0) is 24.2 Å². The van der Waals surface area contributed by atoms with Crippen LogP contribution in [0.4, 0.5) is 0 Å². The molecule has 0 amide bonds. The molecular weight excluding hydrogens is 291 g/mol. The number of hydrogen-bond donors (Lipinski definition) is 1. The van der Waals surface area contributed by atoms with Crippen molar-refractivity contribution in [3.8, 4) is 0 Å². The van der Waals surface area contributed by atoms with Gasteiger partial charge in [-0.1, -0.05) is 13.8 Å². The summed E-state index contributed by atoms with van der Waals surface area (Å²) in [6, 6.07) is 0. The normalized spacial score (nSPS) is 35.1. The van der Waals surface area contributed by atoms with Gasteiger partial charge in [0.1, 0.15) is 0 Å². The summed E-state index contributed by atoms with van der Waals surface area (Å²) in [5.41, 5.74) is 0. The van der Waals surface area contributed by atoms with Crippen LogP contribution in [0.1, 0.15) is 20.3 Å². The number of rotatable bonds is 4. The molecule has 1 heterocycles. The Balaban J connectivity index is 2.75. The molecule has 0 aromatic carbocycles. The van der Waals surface area contributed by atoms with E-state index in [9.17, 15) is 18.3 Å². The molecule has 8 heteroatoms. The van der Waals surface area contributed by atoms with Crippen LogP contribution in [0.15, 0.2) is 0 Å². The number of ether oxygens (including phenoxy) is 2. The Labute approximate surface area is 115 Å². The van der Waals surface area contributed by atoms with E-state index in [0.717, 1.165) is 0 Å². The quantitative estimate of drug-likeness (QED) is 0.607. The maximum Gasteiger partial charge on any atom is 0.335 e. The molecule has 1 rings (SSSR count). The van der Waals surface area contributed by atoms with E-state index in [0.29, 0.717) is 19.9 Å². The second-order valence-corrected chi connectivity index (χ2v) is 7.49. The molecule has 1 aliphatic heterocycles. The van der Waals surface area contributed by atoms with Gasteiger partial charge in [-0.05, 0) is 6.42 Å². The van der Waals surface area contributed by atoms with E-state index in [2.05, 4.69) is 4.74 Å². The summed E-state index contributed by atoms with van der Waals surface area (Å²) < 4.78 is 31.3. The second kappa shape index (κ2) is 7.33. The van der Waals surface area contributed by atoms with E-state index in [4.69, 9.17) is 4.74 Å². The lowest BCUT2D eigenvalue weighted by atomic mass is 9.82. The summed E-state index contributed by atoms with van der Waals surface area (Å²) in [7, 11) is -0.530. The Morgan fingerprint density at radius 2 is 2.00 bits per heavy atom. The highest BCUT2D eigenvalue weighted by molar-refractivity contribution is 8.04. The highest BCUT2D eigenvalue weighted by Gasteiger charge is 2.43. The van der Waals surface area contributed by atoms with Crippen molar-refractivity contribution in [3.63, 3.8) is 0 Å². The zero-order valence-electron chi connectivity index (χ0n) is 11.1. The van der Waals surface area contributed by atoms with Gasteiger partial charge in [0.05, 0.1) is 19.3 Å². The van der Waals surface area contributed by atoms with Gasteiger partial charge in [0.2, 0.25) is 9.88 Å². The van der Waals surface area contributed by atoms with Gasteiger partial charge in [0.25, 0.3) is 0 Å². The first-order valence-corrected chi connectivity index (χ1v) is 8.82. The van der Waals surface area contributed by atoms with Crippen molar-refractivity contribution in [1.29, 1.82) is 0 Å². The number of carbonyl (C=O) groups excluding carboxylic acids is 1. The maximum atomic E-state index is 11.6. The molecule has 0 bridgehead atoms. The maximum absolute atomic E-state index is 11.6. The molecule has 0 spiro atoms. The molecule has 1 N–H and O–H groups in total.